The highest BCUT2D eigenvalue weighted by Crippen LogP contribution is 2.18. The molecule has 25 heavy (non-hydrogen) atoms. The summed E-state index contributed by atoms with van der Waals surface area (Å²) in [6.45, 7) is 3.12. The van der Waals surface area contributed by atoms with Gasteiger partial charge in [-0.1, -0.05) is 12.1 Å². The molecular formula is C18H21N3O3S. The molecule has 1 aromatic carbocycles. The largest absolute Gasteiger partial charge is 0.469 e. The van der Waals surface area contributed by atoms with E-state index in [4.69, 9.17) is 0 Å². The fourth-order valence-electron chi connectivity index (χ4n) is 2.84. The molecule has 6 nitrogen and oxygen atoms in total. The minimum absolute atomic E-state index is 0.105. The standard InChI is InChI=1S/C18H21N3O3S/c1-24-16(22)10-15-12-25-18(19-15)20-17(23)14-6-4-5-13(9-14)11-21-7-2-3-8-21/h4-6,9,12H,2-3,7-8,10-11H2,1H3,(H,19,20,23). The van der Waals surface area contributed by atoms with Crippen LogP contribution in [0.4, 0.5) is 5.13 Å². The third-order valence-corrected chi connectivity index (χ3v) is 4.93. The maximum atomic E-state index is 12.4. The molecule has 1 fully saturated rings. The predicted octanol–water partition coefficient (Wildman–Crippen LogP) is 2.71. The number of amides is 1. The van der Waals surface area contributed by atoms with Crippen molar-refractivity contribution in [3.63, 3.8) is 0 Å². The average Bonchev–Trinajstić information content (AvgIpc) is 3.27. The quantitative estimate of drug-likeness (QED) is 0.803. The van der Waals surface area contributed by atoms with Gasteiger partial charge in [-0.2, -0.15) is 0 Å². The van der Waals surface area contributed by atoms with Crippen molar-refractivity contribution in [1.29, 1.82) is 0 Å². The van der Waals surface area contributed by atoms with Gasteiger partial charge in [0.15, 0.2) is 5.13 Å². The first-order chi connectivity index (χ1) is 12.1. The third kappa shape index (κ3) is 4.87. The van der Waals surface area contributed by atoms with Crippen LogP contribution in [0.1, 0.15) is 34.5 Å². The summed E-state index contributed by atoms with van der Waals surface area (Å²) in [7, 11) is 1.34. The number of nitrogens with zero attached hydrogens (tertiary/aromatic N) is 2. The number of methoxy groups -OCH3 is 1. The van der Waals surface area contributed by atoms with Gasteiger partial charge >= 0.3 is 5.97 Å². The molecule has 0 unspecified atom stereocenters. The van der Waals surface area contributed by atoms with Gasteiger partial charge in [0.2, 0.25) is 0 Å². The lowest BCUT2D eigenvalue weighted by Crippen LogP contribution is -2.19. The van der Waals surface area contributed by atoms with Crippen molar-refractivity contribution in [3.05, 3.63) is 46.5 Å². The maximum absolute atomic E-state index is 12.4. The van der Waals surface area contributed by atoms with E-state index in [1.807, 2.05) is 18.2 Å². The van der Waals surface area contributed by atoms with Gasteiger partial charge in [-0.3, -0.25) is 19.8 Å². The first-order valence-corrected chi connectivity index (χ1v) is 9.16. The summed E-state index contributed by atoms with van der Waals surface area (Å²) in [5, 5.41) is 5.02. The van der Waals surface area contributed by atoms with Gasteiger partial charge in [0.05, 0.1) is 19.2 Å². The molecule has 0 spiro atoms. The Morgan fingerprint density at radius 2 is 2.12 bits per heavy atom. The van der Waals surface area contributed by atoms with Crippen molar-refractivity contribution in [2.45, 2.75) is 25.8 Å². The van der Waals surface area contributed by atoms with E-state index in [1.54, 1.807) is 11.4 Å². The Kier molecular flexibility index (Phi) is 5.78. The lowest BCUT2D eigenvalue weighted by Gasteiger charge is -2.14. The smallest absolute Gasteiger partial charge is 0.311 e. The topological polar surface area (TPSA) is 71.5 Å². The highest BCUT2D eigenvalue weighted by atomic mass is 32.1. The van der Waals surface area contributed by atoms with Crippen LogP contribution >= 0.6 is 11.3 Å². The summed E-state index contributed by atoms with van der Waals surface area (Å²) in [6.07, 6.45) is 2.60. The molecule has 132 valence electrons. The summed E-state index contributed by atoms with van der Waals surface area (Å²) in [4.78, 5) is 30.4. The van der Waals surface area contributed by atoms with E-state index >= 15 is 0 Å². The molecular weight excluding hydrogens is 338 g/mol. The molecule has 0 atom stereocenters. The number of carbonyl (C=O) groups excluding carboxylic acids is 2. The van der Waals surface area contributed by atoms with Crippen LogP contribution in [0.3, 0.4) is 0 Å². The number of rotatable bonds is 6. The Balaban J connectivity index is 1.62. The van der Waals surface area contributed by atoms with E-state index in [1.165, 1.54) is 31.3 Å². The zero-order valence-corrected chi connectivity index (χ0v) is 15.0. The van der Waals surface area contributed by atoms with Crippen molar-refractivity contribution in [2.24, 2.45) is 0 Å². The Morgan fingerprint density at radius 1 is 1.32 bits per heavy atom. The molecule has 7 heteroatoms. The fourth-order valence-corrected chi connectivity index (χ4v) is 3.55. The van der Waals surface area contributed by atoms with Crippen molar-refractivity contribution >= 4 is 28.3 Å². The molecule has 1 saturated heterocycles. The van der Waals surface area contributed by atoms with Crippen molar-refractivity contribution in [2.75, 3.05) is 25.5 Å². The fraction of sp³-hybridized carbons (Fsp3) is 0.389. The van der Waals surface area contributed by atoms with E-state index < -0.39 is 0 Å². The number of hydrogen-bond donors (Lipinski definition) is 1. The average molecular weight is 359 g/mol. The van der Waals surface area contributed by atoms with E-state index in [9.17, 15) is 9.59 Å². The van der Waals surface area contributed by atoms with Crippen LogP contribution in [0.5, 0.6) is 0 Å². The minimum atomic E-state index is -0.349. The number of benzene rings is 1. The second-order valence-electron chi connectivity index (χ2n) is 6.03. The summed E-state index contributed by atoms with van der Waals surface area (Å²) in [6, 6.07) is 7.68. The van der Waals surface area contributed by atoms with Gasteiger partial charge in [0.1, 0.15) is 0 Å². The summed E-state index contributed by atoms with van der Waals surface area (Å²) < 4.78 is 4.62. The minimum Gasteiger partial charge on any atom is -0.469 e. The van der Waals surface area contributed by atoms with Crippen molar-refractivity contribution in [3.8, 4) is 0 Å². The Morgan fingerprint density at radius 3 is 2.88 bits per heavy atom. The number of likely N-dealkylation sites (tertiary alicyclic amines) is 1. The van der Waals surface area contributed by atoms with Crippen LogP contribution in [0.15, 0.2) is 29.6 Å². The summed E-state index contributed by atoms with van der Waals surface area (Å²) in [5.41, 5.74) is 2.34. The van der Waals surface area contributed by atoms with Crippen LogP contribution in [0, 0.1) is 0 Å². The highest BCUT2D eigenvalue weighted by molar-refractivity contribution is 7.14. The molecule has 0 aliphatic carbocycles. The first-order valence-electron chi connectivity index (χ1n) is 8.28. The van der Waals surface area contributed by atoms with E-state index in [-0.39, 0.29) is 18.3 Å². The van der Waals surface area contributed by atoms with Gasteiger partial charge in [-0.15, -0.1) is 11.3 Å². The zero-order chi connectivity index (χ0) is 17.6. The van der Waals surface area contributed by atoms with Crippen LogP contribution < -0.4 is 5.32 Å². The Labute approximate surface area is 150 Å². The summed E-state index contributed by atoms with van der Waals surface area (Å²) in [5.74, 6) is -0.542. The number of carbonyl (C=O) groups is 2. The zero-order valence-electron chi connectivity index (χ0n) is 14.2. The van der Waals surface area contributed by atoms with Crippen LogP contribution in [0.25, 0.3) is 0 Å². The van der Waals surface area contributed by atoms with Crippen LogP contribution in [0.2, 0.25) is 0 Å². The monoisotopic (exact) mass is 359 g/mol. The molecule has 0 bridgehead atoms. The SMILES string of the molecule is COC(=O)Cc1csc(NC(=O)c2cccc(CN3CCCC3)c2)n1. The van der Waals surface area contributed by atoms with Gasteiger partial charge in [-0.25, -0.2) is 4.98 Å². The number of nitrogens with one attached hydrogen (secondary N) is 1. The van der Waals surface area contributed by atoms with Crippen molar-refractivity contribution < 1.29 is 14.3 Å². The lowest BCUT2D eigenvalue weighted by atomic mass is 10.1. The Bertz CT molecular complexity index is 754. The number of aromatic nitrogens is 1. The third-order valence-electron chi connectivity index (χ3n) is 4.12. The summed E-state index contributed by atoms with van der Waals surface area (Å²) >= 11 is 1.30. The molecule has 2 heterocycles. The second kappa shape index (κ2) is 8.22. The van der Waals surface area contributed by atoms with E-state index in [0.29, 0.717) is 16.4 Å². The molecule has 1 aromatic heterocycles. The van der Waals surface area contributed by atoms with E-state index in [2.05, 4.69) is 19.9 Å². The van der Waals surface area contributed by atoms with Gasteiger partial charge < -0.3 is 4.74 Å². The van der Waals surface area contributed by atoms with Gasteiger partial charge in [0.25, 0.3) is 5.91 Å². The molecule has 1 aliphatic heterocycles. The molecule has 0 saturated carbocycles. The first kappa shape index (κ1) is 17.6. The number of anilines is 1. The van der Waals surface area contributed by atoms with Crippen LogP contribution in [-0.2, 0) is 22.5 Å². The van der Waals surface area contributed by atoms with Crippen molar-refractivity contribution in [1.82, 2.24) is 9.88 Å². The number of ether oxygens (including phenoxy) is 1. The Hall–Kier alpha value is -2.25. The van der Waals surface area contributed by atoms with E-state index in [0.717, 1.165) is 25.2 Å². The van der Waals surface area contributed by atoms with Gasteiger partial charge in [0, 0.05) is 17.5 Å². The molecule has 1 N–H and O–H groups in total. The predicted molar refractivity (Wildman–Crippen MR) is 96.7 cm³/mol. The number of esters is 1. The number of thiazole rings is 1. The molecule has 3 rings (SSSR count). The maximum Gasteiger partial charge on any atom is 0.311 e. The normalized spacial score (nSPS) is 14.4. The van der Waals surface area contributed by atoms with Crippen LogP contribution in [-0.4, -0.2) is 42.0 Å². The molecule has 1 aliphatic rings. The highest BCUT2D eigenvalue weighted by Gasteiger charge is 2.14. The molecule has 0 radical (unpaired) electrons. The number of hydrogen-bond acceptors (Lipinski definition) is 6. The lowest BCUT2D eigenvalue weighted by molar-refractivity contribution is -0.139. The molecule has 1 amide bonds. The molecule has 2 aromatic rings. The van der Waals surface area contributed by atoms with Gasteiger partial charge in [-0.05, 0) is 43.6 Å². The second-order valence-corrected chi connectivity index (χ2v) is 6.89.